The van der Waals surface area contributed by atoms with Crippen LogP contribution in [0.1, 0.15) is 17.3 Å². The summed E-state index contributed by atoms with van der Waals surface area (Å²) >= 11 is 0. The van der Waals surface area contributed by atoms with Gasteiger partial charge in [-0.3, -0.25) is 0 Å². The zero-order chi connectivity index (χ0) is 13.8. The molecule has 0 spiro atoms. The fourth-order valence-corrected chi connectivity index (χ4v) is 2.34. The summed E-state index contributed by atoms with van der Waals surface area (Å²) in [6.45, 7) is 1.72. The van der Waals surface area contributed by atoms with Gasteiger partial charge >= 0.3 is 5.97 Å². The summed E-state index contributed by atoms with van der Waals surface area (Å²) in [5, 5.41) is 17.5. The molecule has 6 nitrogen and oxygen atoms in total. The van der Waals surface area contributed by atoms with E-state index in [2.05, 4.69) is 4.72 Å². The van der Waals surface area contributed by atoms with Crippen molar-refractivity contribution in [3.63, 3.8) is 0 Å². The molecule has 1 unspecified atom stereocenters. The van der Waals surface area contributed by atoms with Crippen molar-refractivity contribution in [3.8, 4) is 0 Å². The van der Waals surface area contributed by atoms with Crippen molar-refractivity contribution in [2.75, 3.05) is 13.2 Å². The molecule has 0 aromatic heterocycles. The van der Waals surface area contributed by atoms with E-state index in [-0.39, 0.29) is 29.5 Å². The monoisotopic (exact) mass is 273 g/mol. The van der Waals surface area contributed by atoms with E-state index in [4.69, 9.17) is 10.2 Å². The fraction of sp³-hybridized carbons (Fsp3) is 0.364. The van der Waals surface area contributed by atoms with E-state index in [1.54, 1.807) is 6.92 Å². The SMILES string of the molecule is CC(CO)CNS(=O)(=O)c1ccc(C(=O)O)cc1. The molecule has 0 radical (unpaired) electrons. The Kier molecular flexibility index (Phi) is 4.83. The van der Waals surface area contributed by atoms with E-state index in [0.717, 1.165) is 0 Å². The molecule has 3 N–H and O–H groups in total. The Morgan fingerprint density at radius 2 is 1.89 bits per heavy atom. The molecule has 0 aliphatic carbocycles. The largest absolute Gasteiger partial charge is 0.478 e. The molecule has 0 fully saturated rings. The van der Waals surface area contributed by atoms with Crippen LogP contribution in [0.15, 0.2) is 29.2 Å². The van der Waals surface area contributed by atoms with Crippen LogP contribution in [-0.4, -0.2) is 37.8 Å². The van der Waals surface area contributed by atoms with Crippen LogP contribution in [-0.2, 0) is 10.0 Å². The molecule has 1 aromatic rings. The minimum atomic E-state index is -3.66. The van der Waals surface area contributed by atoms with Crippen molar-refractivity contribution >= 4 is 16.0 Å². The lowest BCUT2D eigenvalue weighted by Gasteiger charge is -2.10. The van der Waals surface area contributed by atoms with Crippen LogP contribution in [0, 0.1) is 5.92 Å². The van der Waals surface area contributed by atoms with Crippen molar-refractivity contribution in [1.29, 1.82) is 0 Å². The average molecular weight is 273 g/mol. The standard InChI is InChI=1S/C11H15NO5S/c1-8(7-13)6-12-18(16,17)10-4-2-9(3-5-10)11(14)15/h2-5,8,12-13H,6-7H2,1H3,(H,14,15). The van der Waals surface area contributed by atoms with E-state index in [1.807, 2.05) is 0 Å². The second-order valence-corrected chi connectivity index (χ2v) is 5.74. The van der Waals surface area contributed by atoms with Crippen molar-refractivity contribution < 1.29 is 23.4 Å². The van der Waals surface area contributed by atoms with Crippen LogP contribution in [0.25, 0.3) is 0 Å². The maximum Gasteiger partial charge on any atom is 0.335 e. The quantitative estimate of drug-likeness (QED) is 0.691. The molecule has 1 atom stereocenters. The van der Waals surface area contributed by atoms with Gasteiger partial charge in [0.2, 0.25) is 10.0 Å². The van der Waals surface area contributed by atoms with Crippen LogP contribution in [0.2, 0.25) is 0 Å². The maximum absolute atomic E-state index is 11.8. The highest BCUT2D eigenvalue weighted by Crippen LogP contribution is 2.10. The van der Waals surface area contributed by atoms with Gasteiger partial charge in [-0.25, -0.2) is 17.9 Å². The molecule has 100 valence electrons. The highest BCUT2D eigenvalue weighted by atomic mass is 32.2. The number of carboxylic acid groups (broad SMARTS) is 1. The van der Waals surface area contributed by atoms with Gasteiger partial charge in [0.05, 0.1) is 10.5 Å². The Balaban J connectivity index is 2.82. The van der Waals surface area contributed by atoms with Crippen LogP contribution < -0.4 is 4.72 Å². The van der Waals surface area contributed by atoms with E-state index >= 15 is 0 Å². The Morgan fingerprint density at radius 3 is 2.33 bits per heavy atom. The van der Waals surface area contributed by atoms with Gasteiger partial charge in [-0.1, -0.05) is 6.92 Å². The number of aromatic carboxylic acids is 1. The number of hydrogen-bond donors (Lipinski definition) is 3. The molecule has 0 saturated heterocycles. The molecule has 0 bridgehead atoms. The summed E-state index contributed by atoms with van der Waals surface area (Å²) in [6, 6.07) is 4.92. The van der Waals surface area contributed by atoms with E-state index in [0.29, 0.717) is 0 Å². The Labute approximate surface area is 105 Å². The molecule has 0 saturated carbocycles. The summed E-state index contributed by atoms with van der Waals surface area (Å²) in [7, 11) is -3.66. The zero-order valence-corrected chi connectivity index (χ0v) is 10.6. The number of aliphatic hydroxyl groups is 1. The topological polar surface area (TPSA) is 104 Å². The number of carboxylic acids is 1. The summed E-state index contributed by atoms with van der Waals surface area (Å²) in [4.78, 5) is 10.6. The third kappa shape index (κ3) is 3.80. The minimum Gasteiger partial charge on any atom is -0.478 e. The third-order valence-corrected chi connectivity index (χ3v) is 3.78. The zero-order valence-electron chi connectivity index (χ0n) is 9.83. The molecule has 0 amide bonds. The van der Waals surface area contributed by atoms with Crippen LogP contribution >= 0.6 is 0 Å². The number of nitrogens with one attached hydrogen (secondary N) is 1. The van der Waals surface area contributed by atoms with Gasteiger partial charge in [0.15, 0.2) is 0 Å². The first-order valence-corrected chi connectivity index (χ1v) is 6.79. The summed E-state index contributed by atoms with van der Waals surface area (Å²) in [5.74, 6) is -1.29. The van der Waals surface area contributed by atoms with Gasteiger partial charge in [-0.05, 0) is 30.2 Å². The van der Waals surface area contributed by atoms with Gasteiger partial charge < -0.3 is 10.2 Å². The summed E-state index contributed by atoms with van der Waals surface area (Å²) in [6.07, 6.45) is 0. The molecule has 0 aliphatic rings. The molecule has 18 heavy (non-hydrogen) atoms. The minimum absolute atomic E-state index is 0.00219. The van der Waals surface area contributed by atoms with Gasteiger partial charge in [-0.15, -0.1) is 0 Å². The average Bonchev–Trinajstić information content (AvgIpc) is 2.36. The molecular formula is C11H15NO5S. The lowest BCUT2D eigenvalue weighted by atomic mass is 10.2. The Hall–Kier alpha value is -1.44. The van der Waals surface area contributed by atoms with Gasteiger partial charge in [-0.2, -0.15) is 0 Å². The van der Waals surface area contributed by atoms with Gasteiger partial charge in [0, 0.05) is 13.2 Å². The number of aliphatic hydroxyl groups excluding tert-OH is 1. The third-order valence-electron chi connectivity index (χ3n) is 2.35. The highest BCUT2D eigenvalue weighted by molar-refractivity contribution is 7.89. The predicted molar refractivity (Wildman–Crippen MR) is 64.8 cm³/mol. The Morgan fingerprint density at radius 1 is 1.33 bits per heavy atom. The van der Waals surface area contributed by atoms with E-state index < -0.39 is 16.0 Å². The second kappa shape index (κ2) is 5.94. The maximum atomic E-state index is 11.8. The second-order valence-electron chi connectivity index (χ2n) is 3.97. The first-order chi connectivity index (χ1) is 8.36. The molecule has 0 heterocycles. The van der Waals surface area contributed by atoms with Crippen LogP contribution in [0.5, 0.6) is 0 Å². The molecule has 7 heteroatoms. The first-order valence-electron chi connectivity index (χ1n) is 5.30. The smallest absolute Gasteiger partial charge is 0.335 e. The van der Waals surface area contributed by atoms with Crippen molar-refractivity contribution in [1.82, 2.24) is 4.72 Å². The van der Waals surface area contributed by atoms with Crippen LogP contribution in [0.4, 0.5) is 0 Å². The number of hydrogen-bond acceptors (Lipinski definition) is 4. The van der Waals surface area contributed by atoms with Gasteiger partial charge in [0.25, 0.3) is 0 Å². The Bertz CT molecular complexity index is 509. The lowest BCUT2D eigenvalue weighted by Crippen LogP contribution is -2.29. The fourth-order valence-electron chi connectivity index (χ4n) is 1.18. The molecule has 1 rings (SSSR count). The molecular weight excluding hydrogens is 258 g/mol. The number of sulfonamides is 1. The highest BCUT2D eigenvalue weighted by Gasteiger charge is 2.15. The summed E-state index contributed by atoms with van der Waals surface area (Å²) < 4.78 is 25.9. The molecule has 0 aliphatic heterocycles. The van der Waals surface area contributed by atoms with Crippen molar-refractivity contribution in [2.45, 2.75) is 11.8 Å². The van der Waals surface area contributed by atoms with Crippen molar-refractivity contribution in [2.24, 2.45) is 5.92 Å². The number of carbonyl (C=O) groups is 1. The van der Waals surface area contributed by atoms with Crippen molar-refractivity contribution in [3.05, 3.63) is 29.8 Å². The summed E-state index contributed by atoms with van der Waals surface area (Å²) in [5.41, 5.74) is 0.0256. The van der Waals surface area contributed by atoms with E-state index in [9.17, 15) is 13.2 Å². The lowest BCUT2D eigenvalue weighted by molar-refractivity contribution is 0.0696. The normalized spacial score (nSPS) is 13.2. The van der Waals surface area contributed by atoms with Gasteiger partial charge in [0.1, 0.15) is 0 Å². The predicted octanol–water partition coefficient (Wildman–Crippen LogP) is 0.291. The van der Waals surface area contributed by atoms with Crippen LogP contribution in [0.3, 0.4) is 0 Å². The van der Waals surface area contributed by atoms with E-state index in [1.165, 1.54) is 24.3 Å². The number of benzene rings is 1. The number of rotatable bonds is 6. The molecule has 1 aromatic carbocycles. The first kappa shape index (κ1) is 14.6.